The van der Waals surface area contributed by atoms with Gasteiger partial charge in [-0.25, -0.2) is 0 Å². The molecule has 3 fully saturated rings. The van der Waals surface area contributed by atoms with Crippen LogP contribution >= 0.6 is 0 Å². The molecule has 0 spiro atoms. The van der Waals surface area contributed by atoms with E-state index < -0.39 is 0 Å². The molecule has 0 heterocycles. The summed E-state index contributed by atoms with van der Waals surface area (Å²) in [5.74, 6) is 5.16. The summed E-state index contributed by atoms with van der Waals surface area (Å²) in [6.07, 6.45) is 16.8. The molecule has 0 aromatic heterocycles. The molecule has 9 atom stereocenters. The Hall–Kier alpha value is -0.560. The zero-order chi connectivity index (χ0) is 22.6. The molecule has 0 radical (unpaired) electrons. The number of aliphatic hydroxyl groups is 1. The quantitative estimate of drug-likeness (QED) is 0.439. The minimum absolute atomic E-state index is 0.0773. The van der Waals surface area contributed by atoms with Crippen molar-refractivity contribution in [3.63, 3.8) is 0 Å². The van der Waals surface area contributed by atoms with Crippen molar-refractivity contribution in [3.8, 4) is 0 Å². The molecule has 0 aromatic rings. The van der Waals surface area contributed by atoms with Crippen LogP contribution in [0, 0.1) is 52.3 Å². The van der Waals surface area contributed by atoms with Crippen molar-refractivity contribution in [2.24, 2.45) is 52.3 Å². The Kier molecular flexibility index (Phi) is 6.59. The van der Waals surface area contributed by atoms with Crippen LogP contribution in [0.5, 0.6) is 0 Å². The Balaban J connectivity index is 1.51. The average molecular weight is 427 g/mol. The number of aliphatic hydroxyl groups excluding tert-OH is 1. The van der Waals surface area contributed by atoms with E-state index in [0.717, 1.165) is 30.1 Å². The van der Waals surface area contributed by atoms with Gasteiger partial charge in [0.15, 0.2) is 0 Å². The summed E-state index contributed by atoms with van der Waals surface area (Å²) < 4.78 is 0. The first-order valence-electron chi connectivity index (χ1n) is 13.7. The fourth-order valence-corrected chi connectivity index (χ4v) is 9.28. The lowest BCUT2D eigenvalue weighted by Crippen LogP contribution is -2.52. The molecule has 0 aliphatic heterocycles. The lowest BCUT2D eigenvalue weighted by molar-refractivity contribution is -0.0773. The highest BCUT2D eigenvalue weighted by atomic mass is 16.3. The van der Waals surface area contributed by atoms with Crippen LogP contribution in [0.1, 0.15) is 106 Å². The summed E-state index contributed by atoms with van der Waals surface area (Å²) in [7, 11) is 0. The molecule has 1 N–H and O–H groups in total. The molecular weight excluding hydrogens is 376 g/mol. The normalized spacial score (nSPS) is 46.2. The number of hydrogen-bond donors (Lipinski definition) is 1. The molecule has 0 amide bonds. The fourth-order valence-electron chi connectivity index (χ4n) is 9.28. The minimum Gasteiger partial charge on any atom is -0.393 e. The third kappa shape index (κ3) is 3.79. The van der Waals surface area contributed by atoms with Crippen LogP contribution in [0.2, 0.25) is 0 Å². The number of fused-ring (bicyclic) bond motifs is 5. The molecule has 4 aliphatic rings. The molecule has 4 aliphatic carbocycles. The van der Waals surface area contributed by atoms with Crippen molar-refractivity contribution in [2.75, 3.05) is 0 Å². The topological polar surface area (TPSA) is 20.2 Å². The summed E-state index contributed by atoms with van der Waals surface area (Å²) >= 11 is 0. The van der Waals surface area contributed by atoms with Gasteiger partial charge in [-0.2, -0.15) is 0 Å². The van der Waals surface area contributed by atoms with Gasteiger partial charge in [-0.05, 0) is 117 Å². The Morgan fingerprint density at radius 2 is 1.74 bits per heavy atom. The van der Waals surface area contributed by atoms with Gasteiger partial charge in [-0.1, -0.05) is 64.8 Å². The van der Waals surface area contributed by atoms with E-state index in [-0.39, 0.29) is 6.10 Å². The van der Waals surface area contributed by atoms with Crippen LogP contribution < -0.4 is 0 Å². The second-order valence-corrected chi connectivity index (χ2v) is 12.9. The van der Waals surface area contributed by atoms with E-state index in [9.17, 15) is 5.11 Å². The molecule has 4 rings (SSSR count). The van der Waals surface area contributed by atoms with Gasteiger partial charge in [0.05, 0.1) is 6.10 Å². The van der Waals surface area contributed by atoms with Crippen LogP contribution in [0.15, 0.2) is 23.3 Å². The molecule has 176 valence electrons. The molecule has 0 aromatic carbocycles. The SMILES string of the molecule is C/C=C(/CC[C@@H](C)[C@H]1CC[C@H]2C3=CCC4[C@@H](C)[C@@H](O)CC[C@]4(C)[C@H]3CC[C@]12C)C(C)C. The second-order valence-electron chi connectivity index (χ2n) is 12.9. The number of rotatable bonds is 5. The lowest BCUT2D eigenvalue weighted by atomic mass is 9.46. The van der Waals surface area contributed by atoms with Crippen LogP contribution in [-0.4, -0.2) is 11.2 Å². The van der Waals surface area contributed by atoms with Gasteiger partial charge in [0, 0.05) is 0 Å². The predicted molar refractivity (Wildman–Crippen MR) is 133 cm³/mol. The van der Waals surface area contributed by atoms with Crippen LogP contribution in [0.25, 0.3) is 0 Å². The number of allylic oxidation sites excluding steroid dienone is 4. The highest BCUT2D eigenvalue weighted by molar-refractivity contribution is 5.28. The zero-order valence-electron chi connectivity index (χ0n) is 21.6. The van der Waals surface area contributed by atoms with Crippen molar-refractivity contribution < 1.29 is 5.11 Å². The van der Waals surface area contributed by atoms with Gasteiger partial charge >= 0.3 is 0 Å². The van der Waals surface area contributed by atoms with Crippen molar-refractivity contribution in [3.05, 3.63) is 23.3 Å². The summed E-state index contributed by atoms with van der Waals surface area (Å²) in [5.41, 5.74) is 4.45. The summed E-state index contributed by atoms with van der Waals surface area (Å²) in [5, 5.41) is 10.5. The van der Waals surface area contributed by atoms with E-state index in [1.165, 1.54) is 51.4 Å². The van der Waals surface area contributed by atoms with Crippen LogP contribution in [0.4, 0.5) is 0 Å². The van der Waals surface area contributed by atoms with Crippen LogP contribution in [-0.2, 0) is 0 Å². The monoisotopic (exact) mass is 426 g/mol. The number of hydrogen-bond acceptors (Lipinski definition) is 1. The molecule has 0 saturated heterocycles. The van der Waals surface area contributed by atoms with Crippen molar-refractivity contribution >= 4 is 0 Å². The largest absolute Gasteiger partial charge is 0.393 e. The van der Waals surface area contributed by atoms with E-state index in [4.69, 9.17) is 0 Å². The van der Waals surface area contributed by atoms with Crippen LogP contribution in [0.3, 0.4) is 0 Å². The summed E-state index contributed by atoms with van der Waals surface area (Å²) in [6, 6.07) is 0. The summed E-state index contributed by atoms with van der Waals surface area (Å²) in [4.78, 5) is 0. The Labute approximate surface area is 193 Å². The van der Waals surface area contributed by atoms with Gasteiger partial charge in [0.25, 0.3) is 0 Å². The van der Waals surface area contributed by atoms with E-state index >= 15 is 0 Å². The Bertz CT molecular complexity index is 716. The maximum atomic E-state index is 10.5. The van der Waals surface area contributed by atoms with Crippen molar-refractivity contribution in [1.82, 2.24) is 0 Å². The highest BCUT2D eigenvalue weighted by Crippen LogP contribution is 2.67. The Morgan fingerprint density at radius 3 is 2.42 bits per heavy atom. The molecule has 1 heteroatoms. The second kappa shape index (κ2) is 8.66. The van der Waals surface area contributed by atoms with E-state index in [0.29, 0.717) is 28.6 Å². The molecule has 31 heavy (non-hydrogen) atoms. The van der Waals surface area contributed by atoms with Crippen molar-refractivity contribution in [2.45, 2.75) is 112 Å². The maximum Gasteiger partial charge on any atom is 0.0568 e. The minimum atomic E-state index is -0.0773. The first kappa shape index (κ1) is 23.6. The predicted octanol–water partition coefficient (Wildman–Crippen LogP) is 8.19. The van der Waals surface area contributed by atoms with Gasteiger partial charge in [-0.15, -0.1) is 0 Å². The Morgan fingerprint density at radius 1 is 1.06 bits per heavy atom. The van der Waals surface area contributed by atoms with E-state index in [1.54, 1.807) is 5.57 Å². The summed E-state index contributed by atoms with van der Waals surface area (Å²) in [6.45, 7) is 17.1. The van der Waals surface area contributed by atoms with Gasteiger partial charge in [-0.3, -0.25) is 0 Å². The standard InChI is InChI=1S/C30H50O/c1-8-22(19(2)3)10-9-20(4)24-13-14-26-23-11-12-25-21(5)28(31)16-18-30(25,7)27(23)15-17-29(24,26)6/h8,11,19-21,24-28,31H,9-10,12-18H2,1-7H3/b22-8-/t20-,21-,24-,25?,26+,27+,28+,29-,30+/m1/s1. The molecule has 0 bridgehead atoms. The fraction of sp³-hybridized carbons (Fsp3) is 0.867. The van der Waals surface area contributed by atoms with E-state index in [2.05, 4.69) is 60.6 Å². The first-order valence-corrected chi connectivity index (χ1v) is 13.7. The third-order valence-electron chi connectivity index (χ3n) is 11.3. The van der Waals surface area contributed by atoms with Gasteiger partial charge in [0.2, 0.25) is 0 Å². The van der Waals surface area contributed by atoms with Gasteiger partial charge in [0.1, 0.15) is 0 Å². The molecule has 1 nitrogen and oxygen atoms in total. The van der Waals surface area contributed by atoms with Gasteiger partial charge < -0.3 is 5.11 Å². The molecule has 3 saturated carbocycles. The lowest BCUT2D eigenvalue weighted by Gasteiger charge is -2.59. The smallest absolute Gasteiger partial charge is 0.0568 e. The molecular formula is C30H50O. The average Bonchev–Trinajstić information content (AvgIpc) is 3.08. The zero-order valence-corrected chi connectivity index (χ0v) is 21.6. The van der Waals surface area contributed by atoms with Crippen molar-refractivity contribution in [1.29, 1.82) is 0 Å². The molecule has 1 unspecified atom stereocenters. The third-order valence-corrected chi connectivity index (χ3v) is 11.3. The highest BCUT2D eigenvalue weighted by Gasteiger charge is 2.59. The maximum absolute atomic E-state index is 10.5. The van der Waals surface area contributed by atoms with E-state index in [1.807, 2.05) is 5.57 Å². The first-order chi connectivity index (χ1) is 14.6.